The minimum absolute atomic E-state index is 0.103. The Morgan fingerprint density at radius 3 is 3.22 bits per heavy atom. The number of hydrogen-bond acceptors (Lipinski definition) is 5. The topological polar surface area (TPSA) is 65.0 Å². The molecule has 0 aromatic carbocycles. The second-order valence-corrected chi connectivity index (χ2v) is 4.82. The molecular formula is C12H17N3O3. The van der Waals surface area contributed by atoms with Crippen molar-refractivity contribution in [1.29, 1.82) is 0 Å². The number of amides is 1. The molecule has 1 amide bonds. The normalized spacial score (nSPS) is 32.2. The lowest BCUT2D eigenvalue weighted by Gasteiger charge is -2.44. The average molecular weight is 251 g/mol. The fourth-order valence-electron chi connectivity index (χ4n) is 2.61. The zero-order valence-corrected chi connectivity index (χ0v) is 10.3. The second kappa shape index (κ2) is 4.29. The number of aliphatic hydroxyl groups excluding tert-OH is 1. The molecule has 0 bridgehead atoms. The first kappa shape index (κ1) is 11.6. The third kappa shape index (κ3) is 1.69. The molecule has 3 aliphatic rings. The van der Waals surface area contributed by atoms with Crippen LogP contribution in [0.5, 0.6) is 0 Å². The lowest BCUT2D eigenvalue weighted by atomic mass is 10.1. The summed E-state index contributed by atoms with van der Waals surface area (Å²) in [5.41, 5.74) is 3.53. The molecule has 0 unspecified atom stereocenters. The highest BCUT2D eigenvalue weighted by Gasteiger charge is 2.41. The molecule has 18 heavy (non-hydrogen) atoms. The summed E-state index contributed by atoms with van der Waals surface area (Å²) in [5.74, 6) is -0.00980. The largest absolute Gasteiger partial charge is 0.510 e. The SMILES string of the molecule is C[C@H]1CCOC[C@H]2NN3C=CCC(O)=C3C(=O)N12. The fourth-order valence-corrected chi connectivity index (χ4v) is 2.61. The number of ether oxygens (including phenoxy) is 1. The van der Waals surface area contributed by atoms with Gasteiger partial charge in [0.05, 0.1) is 6.61 Å². The molecule has 0 radical (unpaired) electrons. The fraction of sp³-hybridized carbons (Fsp3) is 0.583. The van der Waals surface area contributed by atoms with E-state index in [1.807, 2.05) is 13.0 Å². The molecular weight excluding hydrogens is 234 g/mol. The van der Waals surface area contributed by atoms with Crippen LogP contribution in [0.15, 0.2) is 23.7 Å². The summed E-state index contributed by atoms with van der Waals surface area (Å²) in [4.78, 5) is 14.3. The minimum atomic E-state index is -0.172. The Hall–Kier alpha value is -1.53. The first-order valence-corrected chi connectivity index (χ1v) is 6.23. The Balaban J connectivity index is 1.96. The van der Waals surface area contributed by atoms with E-state index in [0.717, 1.165) is 6.42 Å². The van der Waals surface area contributed by atoms with E-state index in [9.17, 15) is 9.90 Å². The maximum Gasteiger partial charge on any atom is 0.277 e. The van der Waals surface area contributed by atoms with Gasteiger partial charge in [0.1, 0.15) is 11.9 Å². The van der Waals surface area contributed by atoms with Crippen molar-refractivity contribution in [3.8, 4) is 0 Å². The molecule has 3 rings (SSSR count). The van der Waals surface area contributed by atoms with Gasteiger partial charge in [-0.1, -0.05) is 6.08 Å². The number of carbonyl (C=O) groups excluding carboxylic acids is 1. The third-order valence-electron chi connectivity index (χ3n) is 3.57. The number of fused-ring (bicyclic) bond motifs is 2. The number of aliphatic hydroxyl groups is 1. The van der Waals surface area contributed by atoms with Crippen LogP contribution in [0.1, 0.15) is 19.8 Å². The Morgan fingerprint density at radius 2 is 2.39 bits per heavy atom. The van der Waals surface area contributed by atoms with Crippen molar-refractivity contribution >= 4 is 5.91 Å². The molecule has 2 atom stereocenters. The molecule has 98 valence electrons. The van der Waals surface area contributed by atoms with Crippen molar-refractivity contribution in [1.82, 2.24) is 15.3 Å². The van der Waals surface area contributed by atoms with Crippen LogP contribution < -0.4 is 5.43 Å². The van der Waals surface area contributed by atoms with E-state index < -0.39 is 0 Å². The first-order valence-electron chi connectivity index (χ1n) is 6.23. The zero-order valence-electron chi connectivity index (χ0n) is 10.3. The molecule has 0 aromatic heterocycles. The summed E-state index contributed by atoms with van der Waals surface area (Å²) < 4.78 is 5.50. The maximum absolute atomic E-state index is 12.5. The molecule has 2 saturated heterocycles. The molecule has 0 saturated carbocycles. The van der Waals surface area contributed by atoms with Gasteiger partial charge < -0.3 is 14.7 Å². The van der Waals surface area contributed by atoms with Gasteiger partial charge in [0.2, 0.25) is 0 Å². The van der Waals surface area contributed by atoms with Gasteiger partial charge in [-0.05, 0) is 13.3 Å². The predicted octanol–water partition coefficient (Wildman–Crippen LogP) is 0.457. The number of nitrogens with zero attached hydrogens (tertiary/aromatic N) is 2. The molecule has 0 aromatic rings. The van der Waals surface area contributed by atoms with E-state index in [1.54, 1.807) is 16.1 Å². The second-order valence-electron chi connectivity index (χ2n) is 4.82. The van der Waals surface area contributed by atoms with Gasteiger partial charge >= 0.3 is 0 Å². The molecule has 2 fully saturated rings. The highest BCUT2D eigenvalue weighted by atomic mass is 16.5. The Labute approximate surface area is 105 Å². The number of nitrogens with one attached hydrogen (secondary N) is 1. The van der Waals surface area contributed by atoms with E-state index in [0.29, 0.717) is 25.3 Å². The monoisotopic (exact) mass is 251 g/mol. The number of hydrogen-bond donors (Lipinski definition) is 2. The van der Waals surface area contributed by atoms with Gasteiger partial charge in [-0.2, -0.15) is 0 Å². The van der Waals surface area contributed by atoms with Crippen LogP contribution >= 0.6 is 0 Å². The van der Waals surface area contributed by atoms with E-state index in [-0.39, 0.29) is 23.9 Å². The predicted molar refractivity (Wildman–Crippen MR) is 63.9 cm³/mol. The maximum atomic E-state index is 12.5. The summed E-state index contributed by atoms with van der Waals surface area (Å²) in [6.07, 6.45) is 4.64. The molecule has 0 spiro atoms. The van der Waals surface area contributed by atoms with Gasteiger partial charge in [-0.25, -0.2) is 5.43 Å². The van der Waals surface area contributed by atoms with Crippen molar-refractivity contribution in [2.24, 2.45) is 0 Å². The van der Waals surface area contributed by atoms with Crippen molar-refractivity contribution in [3.63, 3.8) is 0 Å². The highest BCUT2D eigenvalue weighted by molar-refractivity contribution is 5.94. The minimum Gasteiger partial charge on any atom is -0.510 e. The average Bonchev–Trinajstić information content (AvgIpc) is 2.51. The van der Waals surface area contributed by atoms with E-state index in [1.165, 1.54) is 0 Å². The summed E-state index contributed by atoms with van der Waals surface area (Å²) in [6, 6.07) is 0.103. The summed E-state index contributed by atoms with van der Waals surface area (Å²) in [6.45, 7) is 3.13. The summed E-state index contributed by atoms with van der Waals surface area (Å²) in [5, 5.41) is 11.5. The molecule has 0 aliphatic carbocycles. The Morgan fingerprint density at radius 1 is 1.56 bits per heavy atom. The van der Waals surface area contributed by atoms with Crippen LogP contribution in [0.2, 0.25) is 0 Å². The van der Waals surface area contributed by atoms with Crippen LogP contribution in [-0.4, -0.2) is 46.3 Å². The van der Waals surface area contributed by atoms with Crippen molar-refractivity contribution < 1.29 is 14.6 Å². The molecule has 6 heteroatoms. The Bertz CT molecular complexity index is 432. The van der Waals surface area contributed by atoms with Crippen LogP contribution in [0.4, 0.5) is 0 Å². The molecule has 3 heterocycles. The number of hydrazine groups is 1. The van der Waals surface area contributed by atoms with Gasteiger partial charge in [-0.3, -0.25) is 9.80 Å². The standard InChI is InChI=1S/C12H17N3O3/c1-8-4-6-18-7-10-13-14-5-2-3-9(16)11(14)12(17)15(8)10/h2,5,8,10,13,16H,3-4,6-7H2,1H3/t8-,10-/m0/s1. The van der Waals surface area contributed by atoms with Gasteiger partial charge in [0.25, 0.3) is 5.91 Å². The van der Waals surface area contributed by atoms with Crippen LogP contribution in [0.25, 0.3) is 0 Å². The Kier molecular flexibility index (Phi) is 2.76. The van der Waals surface area contributed by atoms with E-state index in [2.05, 4.69) is 5.43 Å². The van der Waals surface area contributed by atoms with E-state index in [4.69, 9.17) is 4.74 Å². The van der Waals surface area contributed by atoms with Crippen LogP contribution in [0.3, 0.4) is 0 Å². The quantitative estimate of drug-likeness (QED) is 0.654. The molecule has 3 aliphatic heterocycles. The first-order chi connectivity index (χ1) is 8.68. The summed E-state index contributed by atoms with van der Waals surface area (Å²) >= 11 is 0. The van der Waals surface area contributed by atoms with Crippen LogP contribution in [-0.2, 0) is 9.53 Å². The number of rotatable bonds is 0. The van der Waals surface area contributed by atoms with Gasteiger partial charge in [-0.15, -0.1) is 0 Å². The van der Waals surface area contributed by atoms with Gasteiger partial charge in [0.15, 0.2) is 5.70 Å². The van der Waals surface area contributed by atoms with Crippen LogP contribution in [0, 0.1) is 0 Å². The highest BCUT2D eigenvalue weighted by Crippen LogP contribution is 2.27. The van der Waals surface area contributed by atoms with Crippen molar-refractivity contribution in [3.05, 3.63) is 23.7 Å². The third-order valence-corrected chi connectivity index (χ3v) is 3.57. The van der Waals surface area contributed by atoms with E-state index >= 15 is 0 Å². The van der Waals surface area contributed by atoms with Gasteiger partial charge in [0, 0.05) is 25.3 Å². The number of allylic oxidation sites excluding steroid dienone is 1. The molecule has 6 nitrogen and oxygen atoms in total. The smallest absolute Gasteiger partial charge is 0.277 e. The zero-order chi connectivity index (χ0) is 12.7. The number of carbonyl (C=O) groups is 1. The van der Waals surface area contributed by atoms with Crippen molar-refractivity contribution in [2.75, 3.05) is 13.2 Å². The van der Waals surface area contributed by atoms with Crippen molar-refractivity contribution in [2.45, 2.75) is 32.0 Å². The lowest BCUT2D eigenvalue weighted by Crippen LogP contribution is -2.64. The molecule has 2 N–H and O–H groups in total. The summed E-state index contributed by atoms with van der Waals surface area (Å²) in [7, 11) is 0. The lowest BCUT2D eigenvalue weighted by molar-refractivity contribution is -0.141.